The number of thiophene rings is 1. The molecule has 0 aliphatic heterocycles. The fraction of sp³-hybridized carbons (Fsp3) is 0.444. The minimum Gasteiger partial charge on any atom is -0.310 e. The third-order valence-electron chi connectivity index (χ3n) is 1.57. The summed E-state index contributed by atoms with van der Waals surface area (Å²) in [7, 11) is 0. The molecule has 0 bridgehead atoms. The Morgan fingerprint density at radius 1 is 1.62 bits per heavy atom. The number of halogens is 1. The van der Waals surface area contributed by atoms with Crippen molar-refractivity contribution in [1.82, 2.24) is 5.32 Å². The third-order valence-corrected chi connectivity index (χ3v) is 3.20. The van der Waals surface area contributed by atoms with Crippen molar-refractivity contribution >= 4 is 33.0 Å². The fourth-order valence-electron chi connectivity index (χ4n) is 0.968. The van der Waals surface area contributed by atoms with Crippen molar-refractivity contribution in [3.63, 3.8) is 0 Å². The molecule has 0 spiro atoms. The number of Topliss-reactive ketones (excluding diaryl/α,β-unsaturated/α-hetero) is 1. The van der Waals surface area contributed by atoms with Crippen LogP contribution in [0.15, 0.2) is 15.9 Å². The van der Waals surface area contributed by atoms with Crippen LogP contribution in [-0.2, 0) is 11.2 Å². The molecular weight excluding hydrogens is 250 g/mol. The summed E-state index contributed by atoms with van der Waals surface area (Å²) in [5.74, 6) is 0.246. The first kappa shape index (κ1) is 10.9. The van der Waals surface area contributed by atoms with Crippen LogP contribution < -0.4 is 5.32 Å². The molecule has 1 aromatic rings. The van der Waals surface area contributed by atoms with E-state index < -0.39 is 0 Å². The number of hydrogen-bond acceptors (Lipinski definition) is 3. The summed E-state index contributed by atoms with van der Waals surface area (Å²) >= 11 is 4.98. The summed E-state index contributed by atoms with van der Waals surface area (Å²) in [6.07, 6.45) is 0.545. The molecule has 1 N–H and O–H groups in total. The Balaban J connectivity index is 2.36. The lowest BCUT2D eigenvalue weighted by molar-refractivity contribution is -0.117. The van der Waals surface area contributed by atoms with Gasteiger partial charge in [0, 0.05) is 11.3 Å². The molecule has 4 heteroatoms. The van der Waals surface area contributed by atoms with Crippen molar-refractivity contribution in [1.29, 1.82) is 0 Å². The van der Waals surface area contributed by atoms with Crippen LogP contribution in [-0.4, -0.2) is 18.9 Å². The molecule has 1 heterocycles. The predicted molar refractivity (Wildman–Crippen MR) is 59.3 cm³/mol. The largest absolute Gasteiger partial charge is 0.310 e. The molecular formula is C9H12BrNOS. The first-order valence-corrected chi connectivity index (χ1v) is 5.80. The molecule has 0 fully saturated rings. The second-order valence-corrected chi connectivity index (χ2v) is 5.25. The maximum Gasteiger partial charge on any atom is 0.151 e. The van der Waals surface area contributed by atoms with Crippen molar-refractivity contribution in [2.45, 2.75) is 13.3 Å². The quantitative estimate of drug-likeness (QED) is 0.881. The van der Waals surface area contributed by atoms with Crippen molar-refractivity contribution in [2.75, 3.05) is 13.1 Å². The van der Waals surface area contributed by atoms with E-state index in [1.807, 2.05) is 19.1 Å². The Labute approximate surface area is 90.5 Å². The minimum atomic E-state index is 0.246. The van der Waals surface area contributed by atoms with Gasteiger partial charge in [-0.05, 0) is 34.6 Å². The molecule has 0 aliphatic carbocycles. The minimum absolute atomic E-state index is 0.246. The molecule has 1 aromatic heterocycles. The first-order chi connectivity index (χ1) is 6.22. The van der Waals surface area contributed by atoms with Gasteiger partial charge >= 0.3 is 0 Å². The topological polar surface area (TPSA) is 29.1 Å². The summed E-state index contributed by atoms with van der Waals surface area (Å²) in [6.45, 7) is 3.32. The van der Waals surface area contributed by atoms with Crippen molar-refractivity contribution in [3.8, 4) is 0 Å². The number of carbonyl (C=O) groups is 1. The zero-order valence-corrected chi connectivity index (χ0v) is 9.87. The van der Waals surface area contributed by atoms with Gasteiger partial charge in [0.25, 0.3) is 0 Å². The summed E-state index contributed by atoms with van der Waals surface area (Å²) < 4.78 is 1.08. The van der Waals surface area contributed by atoms with Crippen molar-refractivity contribution < 1.29 is 4.79 Å². The Bertz CT molecular complexity index is 285. The normalized spacial score (nSPS) is 10.3. The number of carbonyl (C=O) groups excluding carboxylic acids is 1. The molecule has 0 atom stereocenters. The van der Waals surface area contributed by atoms with E-state index in [0.717, 1.165) is 15.2 Å². The summed E-state index contributed by atoms with van der Waals surface area (Å²) in [4.78, 5) is 12.4. The number of likely N-dealkylation sites (N-methyl/N-ethyl adjacent to an activating group) is 1. The Kier molecular flexibility index (Phi) is 4.62. The SMILES string of the molecule is CCNCC(=O)Cc1ccc(Br)s1. The summed E-state index contributed by atoms with van der Waals surface area (Å²) in [5.41, 5.74) is 0. The van der Waals surface area contributed by atoms with Gasteiger partial charge < -0.3 is 5.32 Å². The smallest absolute Gasteiger partial charge is 0.151 e. The third kappa shape index (κ3) is 4.02. The lowest BCUT2D eigenvalue weighted by atomic mass is 10.2. The van der Waals surface area contributed by atoms with Crippen LogP contribution in [0.2, 0.25) is 0 Å². The van der Waals surface area contributed by atoms with E-state index in [0.29, 0.717) is 13.0 Å². The van der Waals surface area contributed by atoms with E-state index in [1.165, 1.54) is 0 Å². The molecule has 2 nitrogen and oxygen atoms in total. The zero-order chi connectivity index (χ0) is 9.68. The highest BCUT2D eigenvalue weighted by atomic mass is 79.9. The Hall–Kier alpha value is -0.190. The fourth-order valence-corrected chi connectivity index (χ4v) is 2.48. The van der Waals surface area contributed by atoms with Crippen LogP contribution in [0.25, 0.3) is 0 Å². The van der Waals surface area contributed by atoms with Gasteiger partial charge in [-0.1, -0.05) is 6.92 Å². The highest BCUT2D eigenvalue weighted by Gasteiger charge is 2.04. The summed E-state index contributed by atoms with van der Waals surface area (Å²) in [5, 5.41) is 3.02. The van der Waals surface area contributed by atoms with E-state index in [4.69, 9.17) is 0 Å². The molecule has 0 saturated heterocycles. The second kappa shape index (κ2) is 5.52. The first-order valence-electron chi connectivity index (χ1n) is 4.19. The highest BCUT2D eigenvalue weighted by molar-refractivity contribution is 9.11. The van der Waals surface area contributed by atoms with Crippen LogP contribution in [0.1, 0.15) is 11.8 Å². The van der Waals surface area contributed by atoms with Gasteiger partial charge in [0.05, 0.1) is 10.3 Å². The van der Waals surface area contributed by atoms with Gasteiger partial charge in [0.2, 0.25) is 0 Å². The van der Waals surface area contributed by atoms with Gasteiger partial charge in [0.1, 0.15) is 0 Å². The van der Waals surface area contributed by atoms with Gasteiger partial charge in [-0.3, -0.25) is 4.79 Å². The van der Waals surface area contributed by atoms with Gasteiger partial charge in [-0.15, -0.1) is 11.3 Å². The average molecular weight is 262 g/mol. The zero-order valence-electron chi connectivity index (χ0n) is 7.47. The molecule has 0 aliphatic rings. The van der Waals surface area contributed by atoms with E-state index >= 15 is 0 Å². The van der Waals surface area contributed by atoms with Gasteiger partial charge in [0.15, 0.2) is 5.78 Å². The van der Waals surface area contributed by atoms with Crippen LogP contribution >= 0.6 is 27.3 Å². The Morgan fingerprint density at radius 2 is 2.38 bits per heavy atom. The van der Waals surface area contributed by atoms with E-state index in [1.54, 1.807) is 11.3 Å². The maximum atomic E-state index is 11.3. The van der Waals surface area contributed by atoms with E-state index in [2.05, 4.69) is 21.2 Å². The molecule has 0 amide bonds. The molecule has 13 heavy (non-hydrogen) atoms. The predicted octanol–water partition coefficient (Wildman–Crippen LogP) is 2.23. The van der Waals surface area contributed by atoms with Crippen LogP contribution in [0.3, 0.4) is 0 Å². The van der Waals surface area contributed by atoms with Gasteiger partial charge in [-0.2, -0.15) is 0 Å². The van der Waals surface area contributed by atoms with Crippen LogP contribution in [0.4, 0.5) is 0 Å². The van der Waals surface area contributed by atoms with Crippen molar-refractivity contribution in [2.24, 2.45) is 0 Å². The van der Waals surface area contributed by atoms with Crippen molar-refractivity contribution in [3.05, 3.63) is 20.8 Å². The molecule has 0 unspecified atom stereocenters. The van der Waals surface area contributed by atoms with Crippen LogP contribution in [0, 0.1) is 0 Å². The lowest BCUT2D eigenvalue weighted by Crippen LogP contribution is -2.23. The molecule has 1 rings (SSSR count). The van der Waals surface area contributed by atoms with Gasteiger partial charge in [-0.25, -0.2) is 0 Å². The number of nitrogens with one attached hydrogen (secondary N) is 1. The van der Waals surface area contributed by atoms with Crippen LogP contribution in [0.5, 0.6) is 0 Å². The molecule has 0 saturated carbocycles. The molecule has 0 aromatic carbocycles. The molecule has 72 valence electrons. The standard InChI is InChI=1S/C9H12BrNOS/c1-2-11-6-7(12)5-8-3-4-9(10)13-8/h3-4,11H,2,5-6H2,1H3. The van der Waals surface area contributed by atoms with E-state index in [-0.39, 0.29) is 5.78 Å². The molecule has 0 radical (unpaired) electrons. The van der Waals surface area contributed by atoms with E-state index in [9.17, 15) is 4.79 Å². The average Bonchev–Trinajstić information content (AvgIpc) is 2.48. The lowest BCUT2D eigenvalue weighted by Gasteiger charge is -1.98. The number of ketones is 1. The summed E-state index contributed by atoms with van der Waals surface area (Å²) in [6, 6.07) is 3.96. The monoisotopic (exact) mass is 261 g/mol. The highest BCUT2D eigenvalue weighted by Crippen LogP contribution is 2.22. The Morgan fingerprint density at radius 3 is 2.92 bits per heavy atom. The number of hydrogen-bond donors (Lipinski definition) is 1. The maximum absolute atomic E-state index is 11.3. The second-order valence-electron chi connectivity index (χ2n) is 2.70. The number of rotatable bonds is 5.